The molecular weight excluding hydrogens is 368 g/mol. The maximum absolute atomic E-state index is 10.1. The number of benzene rings is 2. The lowest BCUT2D eigenvalue weighted by molar-refractivity contribution is -0.242. The van der Waals surface area contributed by atoms with Crippen LogP contribution >= 0.6 is 0 Å². The van der Waals surface area contributed by atoms with Crippen molar-refractivity contribution in [3.05, 3.63) is 47.5 Å². The molecule has 0 aliphatic carbocycles. The summed E-state index contributed by atoms with van der Waals surface area (Å²) < 4.78 is 17.0. The van der Waals surface area contributed by atoms with Gasteiger partial charge in [0.15, 0.2) is 0 Å². The third kappa shape index (κ3) is 3.59. The van der Waals surface area contributed by atoms with Crippen molar-refractivity contribution in [1.82, 2.24) is 0 Å². The minimum absolute atomic E-state index is 0.0778. The number of aliphatic hydroxyl groups is 3. The average molecular weight is 390 g/mol. The lowest BCUT2D eigenvalue weighted by atomic mass is 9.96. The first-order chi connectivity index (χ1) is 13.4. The Morgan fingerprint density at radius 3 is 2.43 bits per heavy atom. The Morgan fingerprint density at radius 1 is 0.929 bits per heavy atom. The third-order valence-corrected chi connectivity index (χ3v) is 5.04. The van der Waals surface area contributed by atoms with Crippen LogP contribution in [0.15, 0.2) is 36.4 Å². The topological polar surface area (TPSA) is 129 Å². The molecule has 5 unspecified atom stereocenters. The van der Waals surface area contributed by atoms with E-state index in [0.29, 0.717) is 24.2 Å². The van der Waals surface area contributed by atoms with E-state index in [9.17, 15) is 25.5 Å². The zero-order valence-corrected chi connectivity index (χ0v) is 14.9. The lowest BCUT2D eigenvalue weighted by Gasteiger charge is -2.36. The first-order valence-electron chi connectivity index (χ1n) is 9.06. The zero-order valence-electron chi connectivity index (χ0n) is 14.9. The molecule has 1 fully saturated rings. The van der Waals surface area contributed by atoms with E-state index in [1.165, 1.54) is 12.1 Å². The van der Waals surface area contributed by atoms with Gasteiger partial charge in [0.2, 0.25) is 6.29 Å². The molecule has 0 bridgehead atoms. The smallest absolute Gasteiger partial charge is 0.228 e. The fourth-order valence-electron chi connectivity index (χ4n) is 3.48. The first-order valence-corrected chi connectivity index (χ1v) is 9.06. The van der Waals surface area contributed by atoms with Crippen molar-refractivity contribution < 1.29 is 39.7 Å². The normalized spacial score (nSPS) is 29.6. The second kappa shape index (κ2) is 7.48. The molecule has 2 heterocycles. The van der Waals surface area contributed by atoms with Crippen molar-refractivity contribution >= 4 is 0 Å². The largest absolute Gasteiger partial charge is 0.508 e. The minimum Gasteiger partial charge on any atom is -0.508 e. The second-order valence-corrected chi connectivity index (χ2v) is 7.03. The molecule has 0 spiro atoms. The fraction of sp³-hybridized carbons (Fsp3) is 0.400. The van der Waals surface area contributed by atoms with Crippen LogP contribution in [-0.2, 0) is 11.2 Å². The van der Waals surface area contributed by atoms with Crippen molar-refractivity contribution in [2.24, 2.45) is 0 Å². The predicted molar refractivity (Wildman–Crippen MR) is 96.3 cm³/mol. The van der Waals surface area contributed by atoms with Gasteiger partial charge in [-0.05, 0) is 30.5 Å². The molecule has 8 heteroatoms. The standard InChI is InChI=1S/C20H22O8/c21-11-3-1-10(2-4-11)15-6-5-13-16(27-15)7-12(22)8-17(13)28-20-19(25)18(24)14(23)9-26-20/h1-4,7-8,14-15,18-25H,5-6,9H2. The molecule has 0 radical (unpaired) electrons. The van der Waals surface area contributed by atoms with Gasteiger partial charge in [-0.15, -0.1) is 0 Å². The minimum atomic E-state index is -1.43. The van der Waals surface area contributed by atoms with Gasteiger partial charge in [-0.3, -0.25) is 0 Å². The van der Waals surface area contributed by atoms with E-state index in [1.807, 2.05) is 0 Å². The molecule has 2 aliphatic heterocycles. The van der Waals surface area contributed by atoms with Crippen LogP contribution in [0.5, 0.6) is 23.0 Å². The Morgan fingerprint density at radius 2 is 1.68 bits per heavy atom. The summed E-state index contributed by atoms with van der Waals surface area (Å²) in [6.07, 6.45) is -4.20. The Hall–Kier alpha value is -2.52. The van der Waals surface area contributed by atoms with Crippen LogP contribution in [0, 0.1) is 0 Å². The number of phenolic OH excluding ortho intramolecular Hbond substituents is 2. The third-order valence-electron chi connectivity index (χ3n) is 5.04. The fourth-order valence-corrected chi connectivity index (χ4v) is 3.48. The Kier molecular flexibility index (Phi) is 5.03. The molecular formula is C20H22O8. The highest BCUT2D eigenvalue weighted by Crippen LogP contribution is 2.43. The number of hydrogen-bond donors (Lipinski definition) is 5. The summed E-state index contributed by atoms with van der Waals surface area (Å²) in [6, 6.07) is 9.63. The quantitative estimate of drug-likeness (QED) is 0.525. The maximum Gasteiger partial charge on any atom is 0.228 e. The number of phenols is 2. The highest BCUT2D eigenvalue weighted by molar-refractivity contribution is 5.51. The van der Waals surface area contributed by atoms with E-state index < -0.39 is 24.6 Å². The summed E-state index contributed by atoms with van der Waals surface area (Å²) in [7, 11) is 0. The van der Waals surface area contributed by atoms with E-state index in [4.69, 9.17) is 14.2 Å². The zero-order chi connectivity index (χ0) is 19.8. The second-order valence-electron chi connectivity index (χ2n) is 7.03. The van der Waals surface area contributed by atoms with Gasteiger partial charge in [0.25, 0.3) is 0 Å². The van der Waals surface area contributed by atoms with Crippen LogP contribution in [0.4, 0.5) is 0 Å². The summed E-state index contributed by atoms with van der Waals surface area (Å²) in [6.45, 7) is -0.177. The maximum atomic E-state index is 10.1. The van der Waals surface area contributed by atoms with Crippen molar-refractivity contribution in [2.45, 2.75) is 43.5 Å². The molecule has 0 saturated carbocycles. The van der Waals surface area contributed by atoms with Gasteiger partial charge >= 0.3 is 0 Å². The summed E-state index contributed by atoms with van der Waals surface area (Å²) in [4.78, 5) is 0. The van der Waals surface area contributed by atoms with Crippen molar-refractivity contribution in [3.8, 4) is 23.0 Å². The molecule has 5 N–H and O–H groups in total. The van der Waals surface area contributed by atoms with Crippen LogP contribution in [0.2, 0.25) is 0 Å². The van der Waals surface area contributed by atoms with Gasteiger partial charge in [-0.2, -0.15) is 0 Å². The van der Waals surface area contributed by atoms with Crippen molar-refractivity contribution in [1.29, 1.82) is 0 Å². The number of aliphatic hydroxyl groups excluding tert-OH is 3. The molecule has 28 heavy (non-hydrogen) atoms. The van der Waals surface area contributed by atoms with Crippen molar-refractivity contribution in [2.75, 3.05) is 6.61 Å². The van der Waals surface area contributed by atoms with E-state index in [0.717, 1.165) is 5.56 Å². The van der Waals surface area contributed by atoms with Gasteiger partial charge in [-0.25, -0.2) is 0 Å². The van der Waals surface area contributed by atoms with Gasteiger partial charge < -0.3 is 39.7 Å². The highest BCUT2D eigenvalue weighted by atomic mass is 16.7. The molecule has 150 valence electrons. The van der Waals surface area contributed by atoms with Crippen molar-refractivity contribution in [3.63, 3.8) is 0 Å². The van der Waals surface area contributed by atoms with Gasteiger partial charge in [0, 0.05) is 17.7 Å². The lowest BCUT2D eigenvalue weighted by Crippen LogP contribution is -2.54. The molecule has 2 aromatic rings. The molecule has 2 aromatic carbocycles. The molecule has 4 rings (SSSR count). The van der Waals surface area contributed by atoms with Gasteiger partial charge in [-0.1, -0.05) is 12.1 Å². The van der Waals surface area contributed by atoms with Gasteiger partial charge in [0.1, 0.15) is 47.4 Å². The van der Waals surface area contributed by atoms with Crippen LogP contribution in [0.25, 0.3) is 0 Å². The summed E-state index contributed by atoms with van der Waals surface area (Å²) >= 11 is 0. The Labute approximate surface area is 161 Å². The van der Waals surface area contributed by atoms with E-state index >= 15 is 0 Å². The van der Waals surface area contributed by atoms with Crippen LogP contribution in [-0.4, -0.2) is 56.7 Å². The van der Waals surface area contributed by atoms with Crippen LogP contribution < -0.4 is 9.47 Å². The number of aromatic hydroxyl groups is 2. The van der Waals surface area contributed by atoms with E-state index in [2.05, 4.69) is 0 Å². The van der Waals surface area contributed by atoms with E-state index in [1.54, 1.807) is 24.3 Å². The van der Waals surface area contributed by atoms with Crippen LogP contribution in [0.3, 0.4) is 0 Å². The molecule has 8 nitrogen and oxygen atoms in total. The number of ether oxygens (including phenoxy) is 3. The molecule has 0 amide bonds. The molecule has 1 saturated heterocycles. The molecule has 0 aromatic heterocycles. The summed E-state index contributed by atoms with van der Waals surface area (Å²) in [5.41, 5.74) is 1.61. The highest BCUT2D eigenvalue weighted by Gasteiger charge is 2.39. The number of rotatable bonds is 3. The predicted octanol–water partition coefficient (Wildman–Crippen LogP) is 0.982. The average Bonchev–Trinajstić information content (AvgIpc) is 2.68. The monoisotopic (exact) mass is 390 g/mol. The van der Waals surface area contributed by atoms with E-state index in [-0.39, 0.29) is 30.0 Å². The number of hydrogen-bond acceptors (Lipinski definition) is 8. The Bertz CT molecular complexity index is 837. The van der Waals surface area contributed by atoms with Gasteiger partial charge in [0.05, 0.1) is 6.61 Å². The SMILES string of the molecule is Oc1ccc(C2CCc3c(cc(O)cc3OC3OCC(O)C(O)C3O)O2)cc1. The molecule has 5 atom stereocenters. The Balaban J connectivity index is 1.56. The summed E-state index contributed by atoms with van der Waals surface area (Å²) in [5.74, 6) is 0.828. The summed E-state index contributed by atoms with van der Waals surface area (Å²) in [5, 5.41) is 49.0. The van der Waals surface area contributed by atoms with Crippen LogP contribution in [0.1, 0.15) is 23.7 Å². The molecule has 2 aliphatic rings. The number of fused-ring (bicyclic) bond motifs is 1. The first kappa shape index (κ1) is 18.8.